The molecule has 0 saturated carbocycles. The summed E-state index contributed by atoms with van der Waals surface area (Å²) in [6.07, 6.45) is 0. The number of nitrogens with two attached hydrogens (primary N) is 1. The Balaban J connectivity index is 2.14. The van der Waals surface area contributed by atoms with Crippen molar-refractivity contribution in [1.29, 1.82) is 0 Å². The molecule has 2 aromatic carbocycles. The maximum Gasteiger partial charge on any atom is 0.201 e. The first-order chi connectivity index (χ1) is 9.97. The van der Waals surface area contributed by atoms with Gasteiger partial charge in [-0.15, -0.1) is 0 Å². The van der Waals surface area contributed by atoms with E-state index in [4.69, 9.17) is 5.73 Å². The smallest absolute Gasteiger partial charge is 0.201 e. The molecule has 1 heterocycles. The Morgan fingerprint density at radius 1 is 1.24 bits per heavy atom. The fourth-order valence-electron chi connectivity index (χ4n) is 2.52. The van der Waals surface area contributed by atoms with Gasteiger partial charge in [0.05, 0.1) is 17.1 Å². The molecule has 1 aromatic heterocycles. The molecule has 3 rings (SSSR count). The average Bonchev–Trinajstić information content (AvgIpc) is 2.76. The molecule has 0 aliphatic heterocycles. The van der Waals surface area contributed by atoms with Crippen LogP contribution in [0, 0.1) is 12.7 Å². The van der Waals surface area contributed by atoms with Crippen molar-refractivity contribution in [2.45, 2.75) is 19.9 Å². The average molecular weight is 348 g/mol. The summed E-state index contributed by atoms with van der Waals surface area (Å²) in [5.74, 6) is 0.224. The van der Waals surface area contributed by atoms with Crippen LogP contribution in [0.3, 0.4) is 0 Å². The first kappa shape index (κ1) is 14.1. The van der Waals surface area contributed by atoms with E-state index >= 15 is 0 Å². The highest BCUT2D eigenvalue weighted by Crippen LogP contribution is 2.29. The van der Waals surface area contributed by atoms with Crippen LogP contribution in [0.1, 0.15) is 24.1 Å². The number of halogens is 2. The number of imidazole rings is 1. The van der Waals surface area contributed by atoms with Gasteiger partial charge < -0.3 is 10.3 Å². The molecule has 3 aromatic rings. The molecule has 0 bridgehead atoms. The lowest BCUT2D eigenvalue weighted by atomic mass is 10.1. The largest absolute Gasteiger partial charge is 0.369 e. The molecule has 0 saturated heterocycles. The number of hydrogen-bond donors (Lipinski definition) is 1. The van der Waals surface area contributed by atoms with Crippen LogP contribution in [0.5, 0.6) is 0 Å². The van der Waals surface area contributed by atoms with E-state index in [0.717, 1.165) is 21.1 Å². The third-order valence-electron chi connectivity index (χ3n) is 3.74. The van der Waals surface area contributed by atoms with Crippen molar-refractivity contribution in [3.63, 3.8) is 0 Å². The first-order valence-corrected chi connectivity index (χ1v) is 7.45. The van der Waals surface area contributed by atoms with Gasteiger partial charge in [-0.25, -0.2) is 9.37 Å². The van der Waals surface area contributed by atoms with Crippen LogP contribution in [0.4, 0.5) is 10.3 Å². The van der Waals surface area contributed by atoms with E-state index in [1.54, 1.807) is 19.1 Å². The van der Waals surface area contributed by atoms with E-state index in [0.29, 0.717) is 11.5 Å². The SMILES string of the molecule is Cc1ccc(C(C)n2c(N)nc3cc(Br)ccc32)cc1F. The summed E-state index contributed by atoms with van der Waals surface area (Å²) >= 11 is 3.43. The highest BCUT2D eigenvalue weighted by atomic mass is 79.9. The van der Waals surface area contributed by atoms with Crippen LogP contribution in [-0.2, 0) is 0 Å². The molecule has 0 amide bonds. The van der Waals surface area contributed by atoms with Gasteiger partial charge in [0.15, 0.2) is 0 Å². The number of fused-ring (bicyclic) bond motifs is 1. The van der Waals surface area contributed by atoms with E-state index < -0.39 is 0 Å². The minimum atomic E-state index is -0.204. The second-order valence-electron chi connectivity index (χ2n) is 5.16. The van der Waals surface area contributed by atoms with Gasteiger partial charge in [-0.05, 0) is 49.2 Å². The second kappa shape index (κ2) is 5.15. The van der Waals surface area contributed by atoms with Crippen molar-refractivity contribution in [1.82, 2.24) is 9.55 Å². The predicted octanol–water partition coefficient (Wildman–Crippen LogP) is 4.44. The summed E-state index contributed by atoms with van der Waals surface area (Å²) in [7, 11) is 0. The second-order valence-corrected chi connectivity index (χ2v) is 6.07. The number of benzene rings is 2. The van der Waals surface area contributed by atoms with Gasteiger partial charge >= 0.3 is 0 Å². The number of anilines is 1. The highest BCUT2D eigenvalue weighted by molar-refractivity contribution is 9.10. The lowest BCUT2D eigenvalue weighted by molar-refractivity contribution is 0.604. The van der Waals surface area contributed by atoms with Gasteiger partial charge in [0.1, 0.15) is 5.82 Å². The fraction of sp³-hybridized carbons (Fsp3) is 0.188. The Morgan fingerprint density at radius 2 is 2.00 bits per heavy atom. The van der Waals surface area contributed by atoms with Gasteiger partial charge in [0, 0.05) is 4.47 Å². The summed E-state index contributed by atoms with van der Waals surface area (Å²) in [6.45, 7) is 3.74. The molecule has 0 spiro atoms. The maximum absolute atomic E-state index is 13.8. The Morgan fingerprint density at radius 3 is 2.71 bits per heavy atom. The lowest BCUT2D eigenvalue weighted by Crippen LogP contribution is -2.10. The number of rotatable bonds is 2. The number of hydrogen-bond acceptors (Lipinski definition) is 2. The zero-order valence-corrected chi connectivity index (χ0v) is 13.4. The zero-order chi connectivity index (χ0) is 15.1. The van der Waals surface area contributed by atoms with Gasteiger partial charge in [-0.3, -0.25) is 0 Å². The number of aryl methyl sites for hydroxylation is 1. The van der Waals surface area contributed by atoms with Gasteiger partial charge in [-0.2, -0.15) is 0 Å². The Labute approximate surface area is 130 Å². The topological polar surface area (TPSA) is 43.8 Å². The molecule has 1 atom stereocenters. The van der Waals surface area contributed by atoms with Gasteiger partial charge in [0.2, 0.25) is 5.95 Å². The predicted molar refractivity (Wildman–Crippen MR) is 86.8 cm³/mol. The van der Waals surface area contributed by atoms with Crippen molar-refractivity contribution in [3.8, 4) is 0 Å². The molecule has 1 unspecified atom stereocenters. The molecule has 0 aliphatic carbocycles. The minimum absolute atomic E-state index is 0.0914. The third kappa shape index (κ3) is 2.42. The maximum atomic E-state index is 13.8. The molecule has 0 fully saturated rings. The van der Waals surface area contributed by atoms with Crippen molar-refractivity contribution in [3.05, 3.63) is 57.8 Å². The van der Waals surface area contributed by atoms with Crippen molar-refractivity contribution < 1.29 is 4.39 Å². The summed E-state index contributed by atoms with van der Waals surface area (Å²) in [4.78, 5) is 4.38. The van der Waals surface area contributed by atoms with Crippen LogP contribution in [-0.4, -0.2) is 9.55 Å². The molecule has 5 heteroatoms. The van der Waals surface area contributed by atoms with Crippen LogP contribution in [0.25, 0.3) is 11.0 Å². The molecule has 108 valence electrons. The molecule has 0 aliphatic rings. The summed E-state index contributed by atoms with van der Waals surface area (Å²) in [5, 5.41) is 0. The number of nitrogen functional groups attached to an aromatic ring is 1. The molecule has 0 radical (unpaired) electrons. The summed E-state index contributed by atoms with van der Waals surface area (Å²) < 4.78 is 16.7. The minimum Gasteiger partial charge on any atom is -0.369 e. The third-order valence-corrected chi connectivity index (χ3v) is 4.24. The quantitative estimate of drug-likeness (QED) is 0.744. The number of aromatic nitrogens is 2. The van der Waals surface area contributed by atoms with Crippen molar-refractivity contribution in [2.24, 2.45) is 0 Å². The lowest BCUT2D eigenvalue weighted by Gasteiger charge is -2.17. The Hall–Kier alpha value is -1.88. The molecular formula is C16H15BrFN3. The van der Waals surface area contributed by atoms with Crippen LogP contribution in [0.2, 0.25) is 0 Å². The molecule has 21 heavy (non-hydrogen) atoms. The molecular weight excluding hydrogens is 333 g/mol. The standard InChI is InChI=1S/C16H15BrFN3/c1-9-3-4-11(7-13(9)18)10(2)21-15-6-5-12(17)8-14(15)20-16(21)19/h3-8,10H,1-2H3,(H2,19,20). The van der Waals surface area contributed by atoms with Gasteiger partial charge in [-0.1, -0.05) is 28.1 Å². The zero-order valence-electron chi connectivity index (χ0n) is 11.8. The molecule has 2 N–H and O–H groups in total. The number of nitrogens with zero attached hydrogens (tertiary/aromatic N) is 2. The van der Waals surface area contributed by atoms with Crippen LogP contribution in [0.15, 0.2) is 40.9 Å². The van der Waals surface area contributed by atoms with Gasteiger partial charge in [0.25, 0.3) is 0 Å². The van der Waals surface area contributed by atoms with Crippen LogP contribution < -0.4 is 5.73 Å². The van der Waals surface area contributed by atoms with E-state index in [9.17, 15) is 4.39 Å². The monoisotopic (exact) mass is 347 g/mol. The molecule has 3 nitrogen and oxygen atoms in total. The summed E-state index contributed by atoms with van der Waals surface area (Å²) in [6, 6.07) is 11.0. The Kier molecular flexibility index (Phi) is 3.45. The van der Waals surface area contributed by atoms with E-state index in [-0.39, 0.29) is 11.9 Å². The van der Waals surface area contributed by atoms with Crippen LogP contribution >= 0.6 is 15.9 Å². The van der Waals surface area contributed by atoms with Crippen molar-refractivity contribution in [2.75, 3.05) is 5.73 Å². The van der Waals surface area contributed by atoms with Crippen molar-refractivity contribution >= 4 is 32.9 Å². The van der Waals surface area contributed by atoms with E-state index in [1.807, 2.05) is 35.8 Å². The summed E-state index contributed by atoms with van der Waals surface area (Å²) in [5.41, 5.74) is 9.31. The fourth-order valence-corrected chi connectivity index (χ4v) is 2.86. The van der Waals surface area contributed by atoms with E-state index in [2.05, 4.69) is 20.9 Å². The van der Waals surface area contributed by atoms with E-state index in [1.165, 1.54) is 0 Å². The Bertz CT molecular complexity index is 826. The normalized spacial score (nSPS) is 12.8. The highest BCUT2D eigenvalue weighted by Gasteiger charge is 2.16. The first-order valence-electron chi connectivity index (χ1n) is 6.66.